The summed E-state index contributed by atoms with van der Waals surface area (Å²) in [6.45, 7) is 6.46. The monoisotopic (exact) mass is 342 g/mol. The van der Waals surface area contributed by atoms with Gasteiger partial charge in [0.15, 0.2) is 5.52 Å². The van der Waals surface area contributed by atoms with Crippen molar-refractivity contribution in [2.45, 2.75) is 20.8 Å². The quantitative estimate of drug-likeness (QED) is 0.437. The van der Waals surface area contributed by atoms with E-state index < -0.39 is 0 Å². The van der Waals surface area contributed by atoms with Crippen LogP contribution < -0.4 is 4.57 Å². The Kier molecular flexibility index (Phi) is 2.98. The van der Waals surface area contributed by atoms with E-state index in [9.17, 15) is 0 Å². The number of hydrogen-bond donors (Lipinski definition) is 0. The summed E-state index contributed by atoms with van der Waals surface area (Å²) < 4.78 is 6.59. The van der Waals surface area contributed by atoms with Crippen LogP contribution in [0.5, 0.6) is 0 Å². The van der Waals surface area contributed by atoms with E-state index in [1.54, 1.807) is 6.20 Å². The van der Waals surface area contributed by atoms with Gasteiger partial charge in [0.2, 0.25) is 5.65 Å². The Labute approximate surface area is 151 Å². The van der Waals surface area contributed by atoms with Crippen LogP contribution in [-0.4, -0.2) is 18.9 Å². The Morgan fingerprint density at radius 1 is 0.923 bits per heavy atom. The van der Waals surface area contributed by atoms with Gasteiger partial charge in [-0.2, -0.15) is 9.38 Å². The standard InChI is InChI=1S/C21H20N5/c1-13-7-5-8-14(2)17(13)25-16-10-6-9-15(3)18(16)26-20-19(23-21(25)26)22-11-12-24(20)4/h5-12H,1-4H3/q+1. The van der Waals surface area contributed by atoms with E-state index in [-0.39, 0.29) is 0 Å². The van der Waals surface area contributed by atoms with Crippen LogP contribution in [0.4, 0.5) is 0 Å². The smallest absolute Gasteiger partial charge is 0.256 e. The summed E-state index contributed by atoms with van der Waals surface area (Å²) in [4.78, 5) is 9.41. The Balaban J connectivity index is 2.12. The fourth-order valence-electron chi connectivity index (χ4n) is 4.02. The van der Waals surface area contributed by atoms with Crippen molar-refractivity contribution < 1.29 is 4.57 Å². The molecule has 0 aliphatic heterocycles. The molecule has 0 spiro atoms. The molecule has 0 fully saturated rings. The maximum Gasteiger partial charge on any atom is 0.335 e. The van der Waals surface area contributed by atoms with Crippen molar-refractivity contribution in [3.8, 4) is 5.69 Å². The van der Waals surface area contributed by atoms with Crippen LogP contribution in [0.1, 0.15) is 16.7 Å². The maximum atomic E-state index is 4.91. The first kappa shape index (κ1) is 15.1. The molecule has 0 unspecified atom stereocenters. The molecular formula is C21H20N5+. The molecule has 5 heteroatoms. The van der Waals surface area contributed by atoms with Crippen LogP contribution >= 0.6 is 0 Å². The van der Waals surface area contributed by atoms with Crippen LogP contribution in [-0.2, 0) is 7.05 Å². The minimum absolute atomic E-state index is 0.759. The van der Waals surface area contributed by atoms with Gasteiger partial charge in [-0.15, -0.1) is 0 Å². The molecule has 0 aliphatic carbocycles. The topological polar surface area (TPSA) is 39.0 Å². The number of aryl methyl sites for hydroxylation is 4. The number of para-hydroxylation sites is 2. The molecule has 0 saturated carbocycles. The van der Waals surface area contributed by atoms with Gasteiger partial charge in [0.05, 0.1) is 24.4 Å². The second kappa shape index (κ2) is 5.14. The van der Waals surface area contributed by atoms with Gasteiger partial charge in [-0.25, -0.2) is 9.55 Å². The first-order valence-corrected chi connectivity index (χ1v) is 8.77. The van der Waals surface area contributed by atoms with Crippen LogP contribution in [0.25, 0.3) is 33.8 Å². The zero-order chi connectivity index (χ0) is 18.0. The number of imidazole rings is 2. The minimum Gasteiger partial charge on any atom is -0.256 e. The molecule has 0 saturated heterocycles. The first-order valence-electron chi connectivity index (χ1n) is 8.77. The molecule has 128 valence electrons. The van der Waals surface area contributed by atoms with E-state index in [0.717, 1.165) is 22.6 Å². The first-order chi connectivity index (χ1) is 12.6. The van der Waals surface area contributed by atoms with Crippen molar-refractivity contribution in [2.24, 2.45) is 7.05 Å². The molecular weight excluding hydrogens is 322 g/mol. The SMILES string of the molecule is Cc1cccc(C)c1-n1c2cccc(C)c2n2c1nc1ncc[n+](C)c12. The number of rotatable bonds is 1. The third kappa shape index (κ3) is 1.83. The zero-order valence-electron chi connectivity index (χ0n) is 15.4. The number of fused-ring (bicyclic) bond motifs is 5. The summed E-state index contributed by atoms with van der Waals surface area (Å²) in [5.74, 6) is 0.899. The van der Waals surface area contributed by atoms with E-state index in [2.05, 4.69) is 75.7 Å². The van der Waals surface area contributed by atoms with Crippen molar-refractivity contribution in [2.75, 3.05) is 0 Å². The highest BCUT2D eigenvalue weighted by Gasteiger charge is 2.27. The van der Waals surface area contributed by atoms with Crippen molar-refractivity contribution in [1.29, 1.82) is 0 Å². The van der Waals surface area contributed by atoms with Crippen molar-refractivity contribution in [1.82, 2.24) is 18.9 Å². The van der Waals surface area contributed by atoms with Gasteiger partial charge in [-0.3, -0.25) is 4.57 Å². The van der Waals surface area contributed by atoms with E-state index in [0.29, 0.717) is 0 Å². The minimum atomic E-state index is 0.759. The molecule has 0 N–H and O–H groups in total. The van der Waals surface area contributed by atoms with Crippen molar-refractivity contribution >= 4 is 28.1 Å². The third-order valence-corrected chi connectivity index (χ3v) is 5.18. The maximum absolute atomic E-state index is 4.91. The average molecular weight is 342 g/mol. The molecule has 0 atom stereocenters. The van der Waals surface area contributed by atoms with Crippen LogP contribution in [0.15, 0.2) is 48.8 Å². The van der Waals surface area contributed by atoms with Crippen LogP contribution in [0.3, 0.4) is 0 Å². The number of aromatic nitrogens is 5. The highest BCUT2D eigenvalue weighted by molar-refractivity contribution is 5.91. The predicted octanol–water partition coefficient (Wildman–Crippen LogP) is 3.58. The summed E-state index contributed by atoms with van der Waals surface area (Å²) in [7, 11) is 2.04. The molecule has 5 nitrogen and oxygen atoms in total. The molecule has 0 amide bonds. The number of benzene rings is 2. The van der Waals surface area contributed by atoms with E-state index in [1.165, 1.54) is 27.9 Å². The summed E-state index contributed by atoms with van der Waals surface area (Å²) >= 11 is 0. The summed E-state index contributed by atoms with van der Waals surface area (Å²) in [6, 6.07) is 12.8. The van der Waals surface area contributed by atoms with Gasteiger partial charge in [-0.05, 0) is 43.5 Å². The zero-order valence-corrected chi connectivity index (χ0v) is 15.4. The lowest BCUT2D eigenvalue weighted by molar-refractivity contribution is -0.647. The summed E-state index contributed by atoms with van der Waals surface area (Å²) in [5, 5.41) is 0. The predicted molar refractivity (Wildman–Crippen MR) is 103 cm³/mol. The Morgan fingerprint density at radius 2 is 1.62 bits per heavy atom. The van der Waals surface area contributed by atoms with Crippen molar-refractivity contribution in [3.63, 3.8) is 0 Å². The second-order valence-electron chi connectivity index (χ2n) is 6.95. The number of hydrogen-bond acceptors (Lipinski definition) is 2. The Morgan fingerprint density at radius 3 is 2.38 bits per heavy atom. The summed E-state index contributed by atoms with van der Waals surface area (Å²) in [6.07, 6.45) is 3.77. The normalized spacial score (nSPS) is 11.8. The Hall–Kier alpha value is -3.21. The Bertz CT molecular complexity index is 1300. The van der Waals surface area contributed by atoms with Gasteiger partial charge in [0.1, 0.15) is 6.20 Å². The fourth-order valence-corrected chi connectivity index (χ4v) is 4.02. The largest absolute Gasteiger partial charge is 0.335 e. The van der Waals surface area contributed by atoms with E-state index in [4.69, 9.17) is 4.98 Å². The molecule has 0 aliphatic rings. The number of nitrogens with zero attached hydrogens (tertiary/aromatic N) is 5. The van der Waals surface area contributed by atoms with E-state index in [1.807, 2.05) is 13.2 Å². The van der Waals surface area contributed by atoms with Gasteiger partial charge in [-0.1, -0.05) is 30.3 Å². The molecule has 3 aromatic heterocycles. The molecule has 3 heterocycles. The van der Waals surface area contributed by atoms with Crippen molar-refractivity contribution in [3.05, 3.63) is 65.5 Å². The highest BCUT2D eigenvalue weighted by Crippen LogP contribution is 2.31. The molecule has 26 heavy (non-hydrogen) atoms. The fraction of sp³-hybridized carbons (Fsp3) is 0.190. The van der Waals surface area contributed by atoms with Gasteiger partial charge in [0, 0.05) is 0 Å². The third-order valence-electron chi connectivity index (χ3n) is 5.18. The molecule has 5 rings (SSSR count). The lowest BCUT2D eigenvalue weighted by Crippen LogP contribution is -2.29. The summed E-state index contributed by atoms with van der Waals surface area (Å²) in [5.41, 5.74) is 8.98. The van der Waals surface area contributed by atoms with Gasteiger partial charge < -0.3 is 0 Å². The lowest BCUT2D eigenvalue weighted by atomic mass is 10.1. The molecule has 2 aromatic carbocycles. The van der Waals surface area contributed by atoms with Crippen LogP contribution in [0.2, 0.25) is 0 Å². The lowest BCUT2D eigenvalue weighted by Gasteiger charge is -2.11. The average Bonchev–Trinajstić information content (AvgIpc) is 3.11. The second-order valence-corrected chi connectivity index (χ2v) is 6.95. The van der Waals surface area contributed by atoms with Crippen LogP contribution in [0, 0.1) is 20.8 Å². The molecule has 0 bridgehead atoms. The molecule has 5 aromatic rings. The van der Waals surface area contributed by atoms with Gasteiger partial charge >= 0.3 is 11.4 Å². The molecule has 0 radical (unpaired) electrons. The van der Waals surface area contributed by atoms with Gasteiger partial charge in [0.25, 0.3) is 0 Å². The van der Waals surface area contributed by atoms with E-state index >= 15 is 0 Å². The highest BCUT2D eigenvalue weighted by atomic mass is 15.3.